The molecule has 0 saturated heterocycles. The van der Waals surface area contributed by atoms with E-state index >= 15 is 0 Å². The first-order valence-electron chi connectivity index (χ1n) is 18.8. The van der Waals surface area contributed by atoms with Gasteiger partial charge in [0, 0.05) is 62.6 Å². The normalized spacial score (nSPS) is 16.0. The van der Waals surface area contributed by atoms with Crippen molar-refractivity contribution < 1.29 is 0 Å². The van der Waals surface area contributed by atoms with Crippen LogP contribution in [0.25, 0.3) is 0 Å². The summed E-state index contributed by atoms with van der Waals surface area (Å²) in [7, 11) is 0. The molecular formula is C46H52N8. The van der Waals surface area contributed by atoms with Crippen molar-refractivity contribution in [3.8, 4) is 0 Å². The Bertz CT molecular complexity index is 2240. The minimum Gasteiger partial charge on any atom is -0.315 e. The summed E-state index contributed by atoms with van der Waals surface area (Å²) >= 11 is 0. The second-order valence-corrected chi connectivity index (χ2v) is 15.1. The highest BCUT2D eigenvalue weighted by Crippen LogP contribution is 2.56. The second kappa shape index (κ2) is 13.9. The fraction of sp³-hybridized carbons (Fsp3) is 0.304. The number of pyridine rings is 3. The van der Waals surface area contributed by atoms with Gasteiger partial charge in [0.2, 0.25) is 0 Å². The highest BCUT2D eigenvalue weighted by Gasteiger charge is 2.52. The van der Waals surface area contributed by atoms with Crippen molar-refractivity contribution in [1.29, 1.82) is 0 Å². The molecule has 2 aromatic carbocycles. The third-order valence-electron chi connectivity index (χ3n) is 10.8. The van der Waals surface area contributed by atoms with Crippen LogP contribution in [0.1, 0.15) is 70.3 Å². The molecule has 0 aliphatic carbocycles. The average molecular weight is 717 g/mol. The molecule has 3 aromatic heterocycles. The van der Waals surface area contributed by atoms with E-state index in [4.69, 9.17) is 15.0 Å². The van der Waals surface area contributed by atoms with Crippen LogP contribution in [-0.2, 0) is 0 Å². The van der Waals surface area contributed by atoms with Crippen LogP contribution in [-0.4, -0.2) is 34.0 Å². The highest BCUT2D eigenvalue weighted by atomic mass is 15.5. The summed E-state index contributed by atoms with van der Waals surface area (Å²) in [6.07, 6.45) is 3.74. The van der Waals surface area contributed by atoms with E-state index in [1.807, 2.05) is 6.92 Å². The number of anilines is 7. The Morgan fingerprint density at radius 1 is 0.519 bits per heavy atom. The molecule has 54 heavy (non-hydrogen) atoms. The van der Waals surface area contributed by atoms with Crippen LogP contribution in [0.4, 0.5) is 39.8 Å². The van der Waals surface area contributed by atoms with Gasteiger partial charge in [-0.2, -0.15) is 0 Å². The third-order valence-corrected chi connectivity index (χ3v) is 10.8. The van der Waals surface area contributed by atoms with Crippen LogP contribution >= 0.6 is 0 Å². The van der Waals surface area contributed by atoms with Gasteiger partial charge in [-0.3, -0.25) is 19.9 Å². The number of fused-ring (bicyclic) bond motifs is 2. The molecule has 5 heterocycles. The van der Waals surface area contributed by atoms with Gasteiger partial charge in [0.1, 0.15) is 0 Å². The van der Waals surface area contributed by atoms with Gasteiger partial charge in [-0.1, -0.05) is 6.08 Å². The summed E-state index contributed by atoms with van der Waals surface area (Å²) in [6.45, 7) is 29.4. The van der Waals surface area contributed by atoms with Crippen LogP contribution < -0.4 is 19.6 Å². The van der Waals surface area contributed by atoms with E-state index in [1.54, 1.807) is 0 Å². The minimum atomic E-state index is -0.307. The standard InChI is InChI=1S/C46H52N8/c1-14-37(19-30(6)47-13)51-41-15-26(2)27(3)16-42(41)52(38-20-31(7)48-32(8)21-38)45(51)46-53(39-22-33(9)49-34(10)23-39)43-17-28(4)29(5)18-44(43)54(46)40-24-35(11)50-36(12)25-40/h14-25,45-46H,13H2,1-12H3/b30-19-,37-14+. The number of aromatic nitrogens is 3. The molecule has 1 unspecified atom stereocenters. The number of hydrogen-bond acceptors (Lipinski definition) is 8. The van der Waals surface area contributed by atoms with E-state index in [0.29, 0.717) is 0 Å². The molecule has 0 N–H and O–H groups in total. The van der Waals surface area contributed by atoms with Crippen molar-refractivity contribution in [1.82, 2.24) is 15.0 Å². The van der Waals surface area contributed by atoms with Gasteiger partial charge in [0.05, 0.1) is 22.7 Å². The van der Waals surface area contributed by atoms with E-state index in [2.05, 4.69) is 180 Å². The van der Waals surface area contributed by atoms with Crippen LogP contribution in [0, 0.1) is 69.2 Å². The number of benzene rings is 2. The molecule has 0 saturated carbocycles. The molecule has 2 aliphatic heterocycles. The average Bonchev–Trinajstić information content (AvgIpc) is 3.57. The predicted molar refractivity (Wildman–Crippen MR) is 226 cm³/mol. The maximum absolute atomic E-state index is 4.84. The van der Waals surface area contributed by atoms with Gasteiger partial charge in [-0.05, 0) is 179 Å². The predicted octanol–water partition coefficient (Wildman–Crippen LogP) is 11.1. The number of rotatable bonds is 7. The third kappa shape index (κ3) is 6.33. The van der Waals surface area contributed by atoms with Crippen molar-refractivity contribution in [2.24, 2.45) is 4.99 Å². The van der Waals surface area contributed by atoms with E-state index in [9.17, 15) is 0 Å². The zero-order valence-electron chi connectivity index (χ0n) is 33.9. The van der Waals surface area contributed by atoms with Crippen molar-refractivity contribution >= 4 is 46.5 Å². The summed E-state index contributed by atoms with van der Waals surface area (Å²) in [6, 6.07) is 22.7. The summed E-state index contributed by atoms with van der Waals surface area (Å²) in [5, 5.41) is 0. The lowest BCUT2D eigenvalue weighted by Gasteiger charge is -2.45. The summed E-state index contributed by atoms with van der Waals surface area (Å²) < 4.78 is 0. The van der Waals surface area contributed by atoms with Crippen molar-refractivity contribution in [3.63, 3.8) is 0 Å². The molecule has 5 aromatic rings. The molecule has 8 nitrogen and oxygen atoms in total. The molecule has 0 fully saturated rings. The molecule has 0 radical (unpaired) electrons. The first kappa shape index (κ1) is 36.6. The molecule has 1 atom stereocenters. The van der Waals surface area contributed by atoms with Crippen LogP contribution in [0.3, 0.4) is 0 Å². The molecular weight excluding hydrogens is 665 g/mol. The zero-order chi connectivity index (χ0) is 38.7. The second-order valence-electron chi connectivity index (χ2n) is 15.1. The Morgan fingerprint density at radius 3 is 1.17 bits per heavy atom. The van der Waals surface area contributed by atoms with Crippen LogP contribution in [0.15, 0.2) is 89.2 Å². The Labute approximate surface area is 321 Å². The minimum absolute atomic E-state index is 0.300. The van der Waals surface area contributed by atoms with Gasteiger partial charge < -0.3 is 19.6 Å². The first-order chi connectivity index (χ1) is 25.7. The smallest absolute Gasteiger partial charge is 0.151 e. The van der Waals surface area contributed by atoms with Gasteiger partial charge in [-0.25, -0.2) is 0 Å². The van der Waals surface area contributed by atoms with Crippen molar-refractivity contribution in [2.45, 2.75) is 95.4 Å². The van der Waals surface area contributed by atoms with Crippen LogP contribution in [0.5, 0.6) is 0 Å². The van der Waals surface area contributed by atoms with Crippen LogP contribution in [0.2, 0.25) is 0 Å². The molecule has 276 valence electrons. The number of allylic oxidation sites excluding steroid dienone is 3. The number of aryl methyl sites for hydroxylation is 10. The molecule has 2 aliphatic rings. The SMILES string of the molecule is C=N/C(C)=C\C(=C/C)N1c2cc(C)c(C)cc2N(c2cc(C)nc(C)c2)C1C1N(c2cc(C)nc(C)c2)c2cc(C)c(C)cc2N1c1cc(C)nc(C)c1. The largest absolute Gasteiger partial charge is 0.315 e. The number of aliphatic imine (C=N–C) groups is 1. The zero-order valence-corrected chi connectivity index (χ0v) is 33.9. The Kier molecular flexibility index (Phi) is 9.42. The van der Waals surface area contributed by atoms with Crippen molar-refractivity contribution in [3.05, 3.63) is 141 Å². The summed E-state index contributed by atoms with van der Waals surface area (Å²) in [5.41, 5.74) is 20.5. The maximum Gasteiger partial charge on any atom is 0.151 e. The maximum atomic E-state index is 4.84. The Morgan fingerprint density at radius 2 is 0.833 bits per heavy atom. The molecule has 7 rings (SSSR count). The quantitative estimate of drug-likeness (QED) is 0.123. The summed E-state index contributed by atoms with van der Waals surface area (Å²) in [4.78, 5) is 29.0. The van der Waals surface area contributed by atoms with Gasteiger partial charge in [-0.15, -0.1) is 0 Å². The molecule has 0 spiro atoms. The lowest BCUT2D eigenvalue weighted by molar-refractivity contribution is 0.540. The van der Waals surface area contributed by atoms with E-state index in [1.165, 1.54) is 22.3 Å². The monoisotopic (exact) mass is 716 g/mol. The van der Waals surface area contributed by atoms with Gasteiger partial charge in [0.25, 0.3) is 0 Å². The number of hydrogen-bond donors (Lipinski definition) is 0. The fourth-order valence-corrected chi connectivity index (χ4v) is 8.25. The number of nitrogens with zero attached hydrogens (tertiary/aromatic N) is 8. The Hall–Kier alpha value is -5.76. The van der Waals surface area contributed by atoms with Gasteiger partial charge >= 0.3 is 0 Å². The Balaban J connectivity index is 1.65. The molecule has 8 heteroatoms. The fourth-order valence-electron chi connectivity index (χ4n) is 8.25. The molecule has 0 amide bonds. The first-order valence-corrected chi connectivity index (χ1v) is 18.8. The van der Waals surface area contributed by atoms with E-state index in [-0.39, 0.29) is 12.3 Å². The van der Waals surface area contributed by atoms with Crippen molar-refractivity contribution in [2.75, 3.05) is 19.6 Å². The lowest BCUT2D eigenvalue weighted by Crippen LogP contribution is -2.59. The van der Waals surface area contributed by atoms with Gasteiger partial charge in [0.15, 0.2) is 12.3 Å². The topological polar surface area (TPSA) is 64.0 Å². The summed E-state index contributed by atoms with van der Waals surface area (Å²) in [5.74, 6) is 0. The lowest BCUT2D eigenvalue weighted by atomic mass is 10.1. The molecule has 0 bridgehead atoms. The van der Waals surface area contributed by atoms with E-state index < -0.39 is 0 Å². The highest BCUT2D eigenvalue weighted by molar-refractivity contribution is 5.94. The van der Waals surface area contributed by atoms with E-state index in [0.717, 1.165) is 85.4 Å².